The van der Waals surface area contributed by atoms with Gasteiger partial charge in [-0.25, -0.2) is 4.39 Å². The summed E-state index contributed by atoms with van der Waals surface area (Å²) in [4.78, 5) is 0. The number of anilines is 1. The summed E-state index contributed by atoms with van der Waals surface area (Å²) in [5, 5.41) is 9.26. The number of nitriles is 1. The van der Waals surface area contributed by atoms with E-state index in [9.17, 15) is 9.65 Å². The second-order valence-electron chi connectivity index (χ2n) is 5.40. The van der Waals surface area contributed by atoms with Gasteiger partial charge in [-0.1, -0.05) is 36.4 Å². The molecule has 0 heterocycles. The molecule has 0 spiro atoms. The van der Waals surface area contributed by atoms with Crippen molar-refractivity contribution in [2.45, 2.75) is 6.92 Å². The van der Waals surface area contributed by atoms with Gasteiger partial charge in [0.15, 0.2) is 0 Å². The highest BCUT2D eigenvalue weighted by molar-refractivity contribution is 5.78. The van der Waals surface area contributed by atoms with Gasteiger partial charge < -0.3 is 5.73 Å². The molecule has 0 radical (unpaired) electrons. The van der Waals surface area contributed by atoms with Crippen LogP contribution in [0.1, 0.15) is 11.1 Å². The third kappa shape index (κ3) is 2.79. The van der Waals surface area contributed by atoms with E-state index in [0.29, 0.717) is 11.3 Å². The highest BCUT2D eigenvalue weighted by atomic mass is 19.1. The average molecular weight is 302 g/mol. The molecule has 0 aliphatic carbocycles. The first-order valence-corrected chi connectivity index (χ1v) is 7.25. The summed E-state index contributed by atoms with van der Waals surface area (Å²) < 4.78 is 13.1. The van der Waals surface area contributed by atoms with Gasteiger partial charge in [0.1, 0.15) is 11.9 Å². The lowest BCUT2D eigenvalue weighted by molar-refractivity contribution is 0.628. The molecule has 0 bridgehead atoms. The Kier molecular flexibility index (Phi) is 3.82. The van der Waals surface area contributed by atoms with Gasteiger partial charge in [0.05, 0.1) is 5.56 Å². The summed E-state index contributed by atoms with van der Waals surface area (Å²) in [5.41, 5.74) is 11.6. The molecule has 0 aromatic heterocycles. The summed E-state index contributed by atoms with van der Waals surface area (Å²) in [6.45, 7) is 1.90. The fraction of sp³-hybridized carbons (Fsp3) is 0.0500. The monoisotopic (exact) mass is 302 g/mol. The maximum Gasteiger partial charge on any atom is 0.123 e. The molecule has 0 unspecified atom stereocenters. The van der Waals surface area contributed by atoms with E-state index in [1.165, 1.54) is 12.1 Å². The molecule has 0 amide bonds. The van der Waals surface area contributed by atoms with Gasteiger partial charge in [0.2, 0.25) is 0 Å². The van der Waals surface area contributed by atoms with Crippen LogP contribution < -0.4 is 5.73 Å². The van der Waals surface area contributed by atoms with Gasteiger partial charge in [0, 0.05) is 5.69 Å². The Balaban J connectivity index is 2.11. The van der Waals surface area contributed by atoms with Crippen LogP contribution >= 0.6 is 0 Å². The standard InChI is InChI=1S/C20H15FN2/c1-13-18(9-10-20(23)19(13)12-22)16-4-2-3-15(11-16)14-5-7-17(21)8-6-14/h2-11H,23H2,1H3. The maximum atomic E-state index is 13.1. The molecule has 3 aromatic rings. The Hall–Kier alpha value is -3.12. The first kappa shape index (κ1) is 14.8. The highest BCUT2D eigenvalue weighted by Crippen LogP contribution is 2.31. The molecule has 2 N–H and O–H groups in total. The lowest BCUT2D eigenvalue weighted by atomic mass is 9.93. The van der Waals surface area contributed by atoms with Gasteiger partial charge in [-0.05, 0) is 59.0 Å². The van der Waals surface area contributed by atoms with E-state index >= 15 is 0 Å². The van der Waals surface area contributed by atoms with Crippen molar-refractivity contribution in [1.29, 1.82) is 5.26 Å². The van der Waals surface area contributed by atoms with E-state index in [2.05, 4.69) is 6.07 Å². The molecule has 23 heavy (non-hydrogen) atoms. The number of rotatable bonds is 2. The molecule has 3 heteroatoms. The van der Waals surface area contributed by atoms with E-state index in [4.69, 9.17) is 5.73 Å². The van der Waals surface area contributed by atoms with Crippen molar-refractivity contribution in [3.63, 3.8) is 0 Å². The minimum absolute atomic E-state index is 0.252. The van der Waals surface area contributed by atoms with Crippen LogP contribution in [0, 0.1) is 24.1 Å². The van der Waals surface area contributed by atoms with E-state index in [1.807, 2.05) is 37.3 Å². The maximum absolute atomic E-state index is 13.1. The van der Waals surface area contributed by atoms with Crippen molar-refractivity contribution in [3.05, 3.63) is 77.6 Å². The van der Waals surface area contributed by atoms with Crippen LogP contribution in [0.15, 0.2) is 60.7 Å². The van der Waals surface area contributed by atoms with E-state index in [1.54, 1.807) is 18.2 Å². The Labute approximate surface area is 134 Å². The van der Waals surface area contributed by atoms with Gasteiger partial charge in [-0.2, -0.15) is 5.26 Å². The van der Waals surface area contributed by atoms with Crippen LogP contribution in [0.5, 0.6) is 0 Å². The quantitative estimate of drug-likeness (QED) is 0.683. The first-order valence-electron chi connectivity index (χ1n) is 7.25. The highest BCUT2D eigenvalue weighted by Gasteiger charge is 2.10. The molecule has 0 saturated carbocycles. The van der Waals surface area contributed by atoms with Gasteiger partial charge >= 0.3 is 0 Å². The molecule has 112 valence electrons. The fourth-order valence-corrected chi connectivity index (χ4v) is 2.70. The van der Waals surface area contributed by atoms with Gasteiger partial charge in [-0.15, -0.1) is 0 Å². The lowest BCUT2D eigenvalue weighted by Crippen LogP contribution is -1.95. The van der Waals surface area contributed by atoms with Crippen LogP contribution in [0.4, 0.5) is 10.1 Å². The summed E-state index contributed by atoms with van der Waals surface area (Å²) in [6.07, 6.45) is 0. The van der Waals surface area contributed by atoms with Crippen molar-refractivity contribution in [1.82, 2.24) is 0 Å². The SMILES string of the molecule is Cc1c(-c2cccc(-c3ccc(F)cc3)c2)ccc(N)c1C#N. The van der Waals surface area contributed by atoms with Crippen molar-refractivity contribution >= 4 is 5.69 Å². The van der Waals surface area contributed by atoms with Crippen LogP contribution in [0.2, 0.25) is 0 Å². The zero-order valence-corrected chi connectivity index (χ0v) is 12.7. The molecule has 0 fully saturated rings. The Morgan fingerprint density at radius 3 is 2.30 bits per heavy atom. The fourth-order valence-electron chi connectivity index (χ4n) is 2.70. The smallest absolute Gasteiger partial charge is 0.123 e. The second-order valence-corrected chi connectivity index (χ2v) is 5.40. The minimum atomic E-state index is -0.252. The van der Waals surface area contributed by atoms with Crippen molar-refractivity contribution in [2.24, 2.45) is 0 Å². The van der Waals surface area contributed by atoms with E-state index in [-0.39, 0.29) is 5.82 Å². The number of hydrogen-bond acceptors (Lipinski definition) is 2. The Morgan fingerprint density at radius 2 is 1.61 bits per heavy atom. The van der Waals surface area contributed by atoms with Crippen LogP contribution in [-0.2, 0) is 0 Å². The predicted octanol–water partition coefficient (Wildman–Crippen LogP) is 4.92. The number of nitrogens with zero attached hydrogens (tertiary/aromatic N) is 1. The average Bonchev–Trinajstić information content (AvgIpc) is 2.56. The van der Waals surface area contributed by atoms with E-state index < -0.39 is 0 Å². The second kappa shape index (κ2) is 5.94. The molecule has 0 aliphatic rings. The largest absolute Gasteiger partial charge is 0.398 e. The Morgan fingerprint density at radius 1 is 0.913 bits per heavy atom. The summed E-state index contributed by atoms with van der Waals surface area (Å²) in [7, 11) is 0. The molecule has 0 aliphatic heterocycles. The van der Waals surface area contributed by atoms with Crippen molar-refractivity contribution < 1.29 is 4.39 Å². The number of nitrogens with two attached hydrogens (primary N) is 1. The van der Waals surface area contributed by atoms with Crippen LogP contribution in [0.25, 0.3) is 22.3 Å². The number of halogens is 1. The third-order valence-corrected chi connectivity index (χ3v) is 3.96. The molecule has 2 nitrogen and oxygen atoms in total. The van der Waals surface area contributed by atoms with Crippen molar-refractivity contribution in [3.8, 4) is 28.3 Å². The third-order valence-electron chi connectivity index (χ3n) is 3.96. The molecular formula is C20H15FN2. The van der Waals surface area contributed by atoms with E-state index in [0.717, 1.165) is 27.8 Å². The van der Waals surface area contributed by atoms with Gasteiger partial charge in [0.25, 0.3) is 0 Å². The molecular weight excluding hydrogens is 287 g/mol. The molecule has 0 atom stereocenters. The Bertz CT molecular complexity index is 906. The van der Waals surface area contributed by atoms with Crippen LogP contribution in [-0.4, -0.2) is 0 Å². The normalized spacial score (nSPS) is 10.3. The zero-order valence-electron chi connectivity index (χ0n) is 12.7. The topological polar surface area (TPSA) is 49.8 Å². The number of benzene rings is 3. The number of nitrogen functional groups attached to an aromatic ring is 1. The first-order chi connectivity index (χ1) is 11.1. The number of hydrogen-bond donors (Lipinski definition) is 1. The lowest BCUT2D eigenvalue weighted by Gasteiger charge is -2.11. The molecule has 0 saturated heterocycles. The zero-order chi connectivity index (χ0) is 16.4. The van der Waals surface area contributed by atoms with Crippen molar-refractivity contribution in [2.75, 3.05) is 5.73 Å². The summed E-state index contributed by atoms with van der Waals surface area (Å²) in [6, 6.07) is 20.2. The van der Waals surface area contributed by atoms with Gasteiger partial charge in [-0.3, -0.25) is 0 Å². The summed E-state index contributed by atoms with van der Waals surface area (Å²) >= 11 is 0. The molecule has 3 rings (SSSR count). The predicted molar refractivity (Wildman–Crippen MR) is 91.1 cm³/mol. The summed E-state index contributed by atoms with van der Waals surface area (Å²) in [5.74, 6) is -0.252. The molecule has 3 aromatic carbocycles. The minimum Gasteiger partial charge on any atom is -0.398 e. The van der Waals surface area contributed by atoms with Crippen LogP contribution in [0.3, 0.4) is 0 Å².